The molecule has 1 aliphatic heterocycles. The number of nitriles is 2. The number of anilines is 1. The molecule has 1 saturated heterocycles. The van der Waals surface area contributed by atoms with Crippen LogP contribution in [0.5, 0.6) is 0 Å². The highest BCUT2D eigenvalue weighted by Crippen LogP contribution is 2.19. The minimum Gasteiger partial charge on any atom is -0.390 e. The van der Waals surface area contributed by atoms with Crippen molar-refractivity contribution in [2.45, 2.75) is 6.10 Å². The Bertz CT molecular complexity index is 524. The van der Waals surface area contributed by atoms with Crippen molar-refractivity contribution in [1.82, 2.24) is 4.90 Å². The second-order valence-corrected chi connectivity index (χ2v) is 4.90. The molecule has 0 amide bonds. The Morgan fingerprint density at radius 2 is 1.86 bits per heavy atom. The third-order valence-electron chi connectivity index (χ3n) is 3.39. The van der Waals surface area contributed by atoms with E-state index in [0.29, 0.717) is 43.1 Å². The van der Waals surface area contributed by atoms with Crippen molar-refractivity contribution >= 4 is 5.69 Å². The Kier molecular flexibility index (Phi) is 5.53. The maximum absolute atomic E-state index is 10.1. The molecule has 2 N–H and O–H groups in total. The van der Waals surface area contributed by atoms with Gasteiger partial charge in [0.25, 0.3) is 0 Å². The van der Waals surface area contributed by atoms with Crippen molar-refractivity contribution < 1.29 is 9.84 Å². The van der Waals surface area contributed by atoms with Crippen LogP contribution in [0.3, 0.4) is 0 Å². The molecule has 1 aromatic carbocycles. The number of ether oxygens (including phenoxy) is 1. The summed E-state index contributed by atoms with van der Waals surface area (Å²) in [7, 11) is 0. The van der Waals surface area contributed by atoms with Crippen molar-refractivity contribution in [3.05, 3.63) is 29.3 Å². The van der Waals surface area contributed by atoms with E-state index in [9.17, 15) is 5.11 Å². The second-order valence-electron chi connectivity index (χ2n) is 4.90. The van der Waals surface area contributed by atoms with Crippen LogP contribution >= 0.6 is 0 Å². The zero-order valence-corrected chi connectivity index (χ0v) is 11.7. The molecule has 0 spiro atoms. The van der Waals surface area contributed by atoms with Crippen LogP contribution in [-0.2, 0) is 4.74 Å². The van der Waals surface area contributed by atoms with Gasteiger partial charge in [0.15, 0.2) is 0 Å². The Hall–Kier alpha value is -2.12. The molecule has 21 heavy (non-hydrogen) atoms. The number of β-amino-alcohol motifs (C(OH)–C–C–N with tert-alkyl or cyclic N) is 1. The molecule has 0 radical (unpaired) electrons. The first-order chi connectivity index (χ1) is 10.2. The summed E-state index contributed by atoms with van der Waals surface area (Å²) in [5.74, 6) is 0. The number of nitrogens with zero attached hydrogens (tertiary/aromatic N) is 3. The molecular weight excluding hydrogens is 268 g/mol. The summed E-state index contributed by atoms with van der Waals surface area (Å²) in [6.07, 6.45) is -0.568. The van der Waals surface area contributed by atoms with E-state index in [1.54, 1.807) is 18.2 Å². The minimum absolute atomic E-state index is 0.296. The molecule has 1 unspecified atom stereocenters. The van der Waals surface area contributed by atoms with E-state index in [1.165, 1.54) is 0 Å². The van der Waals surface area contributed by atoms with Crippen molar-refractivity contribution in [3.8, 4) is 12.1 Å². The highest BCUT2D eigenvalue weighted by atomic mass is 16.5. The van der Waals surface area contributed by atoms with Gasteiger partial charge in [-0.2, -0.15) is 10.5 Å². The van der Waals surface area contributed by atoms with Gasteiger partial charge in [0.05, 0.1) is 36.1 Å². The number of hydrogen-bond acceptors (Lipinski definition) is 6. The summed E-state index contributed by atoms with van der Waals surface area (Å²) >= 11 is 0. The minimum atomic E-state index is -0.568. The summed E-state index contributed by atoms with van der Waals surface area (Å²) in [6, 6.07) is 9.08. The van der Waals surface area contributed by atoms with Crippen LogP contribution in [0.25, 0.3) is 0 Å². The van der Waals surface area contributed by atoms with Gasteiger partial charge in [-0.25, -0.2) is 0 Å². The molecule has 0 aromatic heterocycles. The summed E-state index contributed by atoms with van der Waals surface area (Å²) in [4.78, 5) is 2.14. The number of nitrogens with one attached hydrogen (secondary N) is 1. The number of hydrogen-bond donors (Lipinski definition) is 2. The smallest absolute Gasteiger partial charge is 0.101 e. The summed E-state index contributed by atoms with van der Waals surface area (Å²) in [5.41, 5.74) is 1.31. The molecular formula is C15H18N4O2. The van der Waals surface area contributed by atoms with E-state index in [4.69, 9.17) is 15.3 Å². The number of rotatable bonds is 5. The standard InChI is InChI=1S/C15H18N4O2/c16-8-12-2-1-3-13(9-17)15(12)18-10-14(20)11-19-4-6-21-7-5-19/h1-3,14,18,20H,4-7,10-11H2. The third-order valence-corrected chi connectivity index (χ3v) is 3.39. The molecule has 0 saturated carbocycles. The van der Waals surface area contributed by atoms with E-state index < -0.39 is 6.10 Å². The predicted molar refractivity (Wildman–Crippen MR) is 77.6 cm³/mol. The van der Waals surface area contributed by atoms with E-state index in [1.807, 2.05) is 0 Å². The van der Waals surface area contributed by atoms with Gasteiger partial charge in [-0.1, -0.05) is 6.07 Å². The van der Waals surface area contributed by atoms with Gasteiger partial charge >= 0.3 is 0 Å². The van der Waals surface area contributed by atoms with E-state index in [0.717, 1.165) is 13.1 Å². The Morgan fingerprint density at radius 3 is 2.43 bits per heavy atom. The van der Waals surface area contributed by atoms with E-state index in [-0.39, 0.29) is 0 Å². The fraction of sp³-hybridized carbons (Fsp3) is 0.467. The quantitative estimate of drug-likeness (QED) is 0.820. The largest absolute Gasteiger partial charge is 0.390 e. The summed E-state index contributed by atoms with van der Waals surface area (Å²) in [5, 5.41) is 31.3. The van der Waals surface area contributed by atoms with Gasteiger partial charge in [0.1, 0.15) is 12.1 Å². The van der Waals surface area contributed by atoms with Crippen LogP contribution in [-0.4, -0.2) is 55.5 Å². The highest BCUT2D eigenvalue weighted by molar-refractivity contribution is 5.66. The van der Waals surface area contributed by atoms with Crippen LogP contribution in [0, 0.1) is 22.7 Å². The molecule has 6 nitrogen and oxygen atoms in total. The molecule has 1 aromatic rings. The molecule has 1 heterocycles. The van der Waals surface area contributed by atoms with Crippen LogP contribution in [0.15, 0.2) is 18.2 Å². The highest BCUT2D eigenvalue weighted by Gasteiger charge is 2.16. The molecule has 1 aliphatic rings. The van der Waals surface area contributed by atoms with Crippen molar-refractivity contribution in [2.24, 2.45) is 0 Å². The number of para-hydroxylation sites is 1. The maximum Gasteiger partial charge on any atom is 0.101 e. The molecule has 6 heteroatoms. The lowest BCUT2D eigenvalue weighted by atomic mass is 10.1. The lowest BCUT2D eigenvalue weighted by Crippen LogP contribution is -2.42. The lowest BCUT2D eigenvalue weighted by molar-refractivity contribution is 0.0171. The Labute approximate surface area is 124 Å². The van der Waals surface area contributed by atoms with Crippen molar-refractivity contribution in [2.75, 3.05) is 44.7 Å². The van der Waals surface area contributed by atoms with Crippen LogP contribution < -0.4 is 5.32 Å². The van der Waals surface area contributed by atoms with Gasteiger partial charge in [-0.15, -0.1) is 0 Å². The summed E-state index contributed by atoms with van der Waals surface area (Å²) in [6.45, 7) is 3.86. The molecule has 0 aliphatic carbocycles. The van der Waals surface area contributed by atoms with E-state index >= 15 is 0 Å². The fourth-order valence-electron chi connectivity index (χ4n) is 2.30. The van der Waals surface area contributed by atoms with Crippen molar-refractivity contribution in [1.29, 1.82) is 10.5 Å². The summed E-state index contributed by atoms with van der Waals surface area (Å²) < 4.78 is 5.26. The number of aliphatic hydroxyl groups excluding tert-OH is 1. The average molecular weight is 286 g/mol. The van der Waals surface area contributed by atoms with Gasteiger partial charge < -0.3 is 15.2 Å². The average Bonchev–Trinajstić information content (AvgIpc) is 2.53. The van der Waals surface area contributed by atoms with Gasteiger partial charge in [0.2, 0.25) is 0 Å². The van der Waals surface area contributed by atoms with Crippen LogP contribution in [0.4, 0.5) is 5.69 Å². The predicted octanol–water partition coefficient (Wildman–Crippen LogP) is 0.535. The second kappa shape index (κ2) is 7.61. The first-order valence-corrected chi connectivity index (χ1v) is 6.90. The first-order valence-electron chi connectivity index (χ1n) is 6.90. The third kappa shape index (κ3) is 4.17. The van der Waals surface area contributed by atoms with Gasteiger partial charge in [-0.05, 0) is 12.1 Å². The number of morpholine rings is 1. The molecule has 110 valence electrons. The van der Waals surface area contributed by atoms with Crippen molar-refractivity contribution in [3.63, 3.8) is 0 Å². The van der Waals surface area contributed by atoms with Crippen LogP contribution in [0.1, 0.15) is 11.1 Å². The van der Waals surface area contributed by atoms with Gasteiger partial charge in [-0.3, -0.25) is 4.90 Å². The number of aliphatic hydroxyl groups is 1. The van der Waals surface area contributed by atoms with Crippen LogP contribution in [0.2, 0.25) is 0 Å². The molecule has 1 atom stereocenters. The topological polar surface area (TPSA) is 92.3 Å². The Balaban J connectivity index is 1.93. The first kappa shape index (κ1) is 15.3. The van der Waals surface area contributed by atoms with E-state index in [2.05, 4.69) is 22.4 Å². The molecule has 1 fully saturated rings. The maximum atomic E-state index is 10.1. The molecule has 2 rings (SSSR count). The number of benzene rings is 1. The zero-order valence-electron chi connectivity index (χ0n) is 11.7. The monoisotopic (exact) mass is 286 g/mol. The Morgan fingerprint density at radius 1 is 1.24 bits per heavy atom. The lowest BCUT2D eigenvalue weighted by Gasteiger charge is -2.28. The fourth-order valence-corrected chi connectivity index (χ4v) is 2.30. The SMILES string of the molecule is N#Cc1cccc(C#N)c1NCC(O)CN1CCOCC1. The zero-order chi connectivity index (χ0) is 15.1. The van der Waals surface area contributed by atoms with Gasteiger partial charge in [0, 0.05) is 26.2 Å². The molecule has 0 bridgehead atoms. The normalized spacial score (nSPS) is 16.7.